The number of ketones is 1. The minimum atomic E-state index is -1.40. The largest absolute Gasteiger partial charge is 0.504 e. The van der Waals surface area contributed by atoms with E-state index >= 15 is 0 Å². The van der Waals surface area contributed by atoms with Crippen molar-refractivity contribution in [2.24, 2.45) is 0 Å². The van der Waals surface area contributed by atoms with E-state index in [1.807, 2.05) is 0 Å². The Labute approximate surface area is 101 Å². The molecule has 0 aliphatic carbocycles. The number of hydrogen-bond donors (Lipinski definition) is 1. The van der Waals surface area contributed by atoms with Gasteiger partial charge in [0, 0.05) is 0 Å². The predicted octanol–water partition coefficient (Wildman–Crippen LogP) is 3.01. The summed E-state index contributed by atoms with van der Waals surface area (Å²) in [7, 11) is 0. The molecular formula is C8H4BrF2IO2. The molecule has 1 atom stereocenters. The van der Waals surface area contributed by atoms with Gasteiger partial charge >= 0.3 is 0 Å². The molecule has 76 valence electrons. The fourth-order valence-corrected chi connectivity index (χ4v) is 1.44. The number of carbonyl (C=O) groups excluding carboxylic acids is 1. The highest BCUT2D eigenvalue weighted by Gasteiger charge is 2.21. The Bertz CT molecular complexity index is 382. The molecular weight excluding hydrogens is 373 g/mol. The minimum Gasteiger partial charge on any atom is -0.504 e. The number of alkyl halides is 2. The van der Waals surface area contributed by atoms with Crippen LogP contribution in [-0.2, 0) is 0 Å². The Kier molecular flexibility index (Phi) is 3.82. The van der Waals surface area contributed by atoms with Gasteiger partial charge in [-0.2, -0.15) is 4.39 Å². The highest BCUT2D eigenvalue weighted by atomic mass is 127. The van der Waals surface area contributed by atoms with Crippen LogP contribution in [0.2, 0.25) is 0 Å². The van der Waals surface area contributed by atoms with Crippen LogP contribution in [-0.4, -0.2) is 13.7 Å². The van der Waals surface area contributed by atoms with Crippen molar-refractivity contribution in [3.05, 3.63) is 29.3 Å². The fourth-order valence-electron chi connectivity index (χ4n) is 0.856. The van der Waals surface area contributed by atoms with Crippen LogP contribution >= 0.6 is 38.5 Å². The predicted molar refractivity (Wildman–Crippen MR) is 59.1 cm³/mol. The molecule has 6 heteroatoms. The zero-order valence-corrected chi connectivity index (χ0v) is 10.3. The Balaban J connectivity index is 3.24. The van der Waals surface area contributed by atoms with Crippen LogP contribution in [0.5, 0.6) is 5.75 Å². The number of phenols is 1. The molecule has 0 fully saturated rings. The highest BCUT2D eigenvalue weighted by Crippen LogP contribution is 2.27. The summed E-state index contributed by atoms with van der Waals surface area (Å²) in [5.74, 6) is -4.04. The van der Waals surface area contributed by atoms with Crippen LogP contribution in [0.25, 0.3) is 0 Å². The van der Waals surface area contributed by atoms with E-state index in [0.29, 0.717) is 0 Å². The van der Waals surface area contributed by atoms with Crippen LogP contribution in [0, 0.1) is 11.6 Å². The first-order chi connectivity index (χ1) is 6.45. The molecule has 0 aliphatic rings. The Morgan fingerprint density at radius 2 is 2.07 bits per heavy atom. The van der Waals surface area contributed by atoms with E-state index in [1.54, 1.807) is 22.6 Å². The third-order valence-electron chi connectivity index (χ3n) is 1.53. The molecule has 0 amide bonds. The number of hydrogen-bond acceptors (Lipinski definition) is 2. The summed E-state index contributed by atoms with van der Waals surface area (Å²) in [4.78, 5) is 11.3. The molecule has 1 N–H and O–H groups in total. The van der Waals surface area contributed by atoms with Gasteiger partial charge in [-0.05, 0) is 12.1 Å². The molecule has 0 saturated carbocycles. The minimum absolute atomic E-state index is 0.236. The van der Waals surface area contributed by atoms with Crippen molar-refractivity contribution in [3.63, 3.8) is 0 Å². The second kappa shape index (κ2) is 4.52. The summed E-state index contributed by atoms with van der Waals surface area (Å²) in [5, 5.41) is 9.14. The Hall–Kier alpha value is -0.240. The third-order valence-corrected chi connectivity index (χ3v) is 2.51. The molecule has 0 saturated heterocycles. The average Bonchev–Trinajstić information content (AvgIpc) is 2.13. The second-order valence-corrected chi connectivity index (χ2v) is 6.30. The molecule has 1 aromatic carbocycles. The first-order valence-corrected chi connectivity index (χ1v) is 5.60. The second-order valence-electron chi connectivity index (χ2n) is 2.42. The lowest BCUT2D eigenvalue weighted by molar-refractivity contribution is 0.101. The smallest absolute Gasteiger partial charge is 0.201 e. The summed E-state index contributed by atoms with van der Waals surface area (Å²) in [6.45, 7) is 0. The number of Topliss-reactive ketones (excluding diaryl/α,β-unsaturated/α-hetero) is 1. The SMILES string of the molecule is O=C(c1ccc(F)c(F)c1O)C(Br)I. The first kappa shape index (κ1) is 11.8. The van der Waals surface area contributed by atoms with E-state index in [2.05, 4.69) is 15.9 Å². The number of benzene rings is 1. The van der Waals surface area contributed by atoms with E-state index in [0.717, 1.165) is 12.1 Å². The van der Waals surface area contributed by atoms with Crippen LogP contribution in [0.4, 0.5) is 8.78 Å². The van der Waals surface area contributed by atoms with Crippen molar-refractivity contribution in [1.29, 1.82) is 0 Å². The number of aromatic hydroxyl groups is 1. The standard InChI is InChI=1S/C8H4BrF2IO2/c9-8(12)7(14)3-1-2-4(10)5(11)6(3)13/h1-2,8,13H. The van der Waals surface area contributed by atoms with Gasteiger partial charge in [0.15, 0.2) is 17.3 Å². The van der Waals surface area contributed by atoms with Gasteiger partial charge in [-0.3, -0.25) is 4.79 Å². The Morgan fingerprint density at radius 3 is 2.57 bits per heavy atom. The van der Waals surface area contributed by atoms with Gasteiger partial charge < -0.3 is 5.11 Å². The van der Waals surface area contributed by atoms with Crippen LogP contribution in [0.3, 0.4) is 0 Å². The van der Waals surface area contributed by atoms with E-state index in [1.165, 1.54) is 0 Å². The zero-order chi connectivity index (χ0) is 10.9. The summed E-state index contributed by atoms with van der Waals surface area (Å²) < 4.78 is 24.8. The summed E-state index contributed by atoms with van der Waals surface area (Å²) in [5.41, 5.74) is -0.236. The number of rotatable bonds is 2. The maximum Gasteiger partial charge on any atom is 0.201 e. The van der Waals surface area contributed by atoms with E-state index in [-0.39, 0.29) is 5.56 Å². The third kappa shape index (κ3) is 2.22. The molecule has 1 unspecified atom stereocenters. The van der Waals surface area contributed by atoms with E-state index in [9.17, 15) is 13.6 Å². The summed E-state index contributed by atoms with van der Waals surface area (Å²) in [6, 6.07) is 1.84. The molecule has 0 aromatic heterocycles. The topological polar surface area (TPSA) is 37.3 Å². The van der Waals surface area contributed by atoms with Gasteiger partial charge in [0.1, 0.15) is 2.83 Å². The summed E-state index contributed by atoms with van der Waals surface area (Å²) in [6.07, 6.45) is 0. The van der Waals surface area contributed by atoms with Gasteiger partial charge in [0.05, 0.1) is 5.56 Å². The molecule has 0 spiro atoms. The van der Waals surface area contributed by atoms with Crippen LogP contribution < -0.4 is 0 Å². The van der Waals surface area contributed by atoms with E-state index < -0.39 is 26.0 Å². The van der Waals surface area contributed by atoms with Crippen molar-refractivity contribution in [2.75, 3.05) is 0 Å². The maximum absolute atomic E-state index is 12.8. The maximum atomic E-state index is 12.8. The quantitative estimate of drug-likeness (QED) is 0.489. The van der Waals surface area contributed by atoms with Gasteiger partial charge in [-0.1, -0.05) is 38.5 Å². The highest BCUT2D eigenvalue weighted by molar-refractivity contribution is 14.1. The Morgan fingerprint density at radius 1 is 1.50 bits per heavy atom. The monoisotopic (exact) mass is 376 g/mol. The molecule has 1 rings (SSSR count). The average molecular weight is 377 g/mol. The van der Waals surface area contributed by atoms with E-state index in [4.69, 9.17) is 5.11 Å². The number of halogens is 4. The van der Waals surface area contributed by atoms with Crippen molar-refractivity contribution >= 4 is 44.3 Å². The van der Waals surface area contributed by atoms with Gasteiger partial charge in [-0.15, -0.1) is 0 Å². The molecule has 0 aliphatic heterocycles. The molecule has 0 bridgehead atoms. The van der Waals surface area contributed by atoms with Crippen LogP contribution in [0.15, 0.2) is 12.1 Å². The molecule has 14 heavy (non-hydrogen) atoms. The van der Waals surface area contributed by atoms with Crippen molar-refractivity contribution in [2.45, 2.75) is 2.83 Å². The molecule has 0 radical (unpaired) electrons. The first-order valence-electron chi connectivity index (χ1n) is 3.44. The van der Waals surface area contributed by atoms with Crippen molar-refractivity contribution in [1.82, 2.24) is 0 Å². The lowest BCUT2D eigenvalue weighted by Crippen LogP contribution is -2.08. The number of carbonyl (C=O) groups is 1. The molecule has 1 aromatic rings. The molecule has 2 nitrogen and oxygen atoms in total. The zero-order valence-electron chi connectivity index (χ0n) is 6.60. The summed E-state index contributed by atoms with van der Waals surface area (Å²) >= 11 is 4.71. The van der Waals surface area contributed by atoms with Crippen molar-refractivity contribution in [3.8, 4) is 5.75 Å². The lowest BCUT2D eigenvalue weighted by atomic mass is 10.1. The molecule has 0 heterocycles. The van der Waals surface area contributed by atoms with Gasteiger partial charge in [0.25, 0.3) is 0 Å². The fraction of sp³-hybridized carbons (Fsp3) is 0.125. The normalized spacial score (nSPS) is 12.6. The lowest BCUT2D eigenvalue weighted by Gasteiger charge is -2.05. The van der Waals surface area contributed by atoms with Crippen molar-refractivity contribution < 1.29 is 18.7 Å². The van der Waals surface area contributed by atoms with Crippen LogP contribution in [0.1, 0.15) is 10.4 Å². The number of phenolic OH excluding ortho intramolecular Hbond substituents is 1. The van der Waals surface area contributed by atoms with Gasteiger partial charge in [-0.25, -0.2) is 4.39 Å². The van der Waals surface area contributed by atoms with Gasteiger partial charge in [0.2, 0.25) is 5.82 Å².